The minimum atomic E-state index is 0. The monoisotopic (exact) mass is 1000 g/mol. The van der Waals surface area contributed by atoms with Crippen LogP contribution in [-0.4, -0.2) is 69.3 Å². The van der Waals surface area contributed by atoms with Gasteiger partial charge in [0.25, 0.3) is 11.4 Å². The zero-order chi connectivity index (χ0) is 50.3. The number of aryl methyl sites for hydroxylation is 4. The number of nitrogens with two attached hydrogens (primary N) is 1. The lowest BCUT2D eigenvalue weighted by Crippen LogP contribution is -2.01. The Labute approximate surface area is 428 Å². The molecule has 0 bridgehead atoms. The molecule has 5 N–H and O–H groups in total. The van der Waals surface area contributed by atoms with Crippen molar-refractivity contribution in [3.63, 3.8) is 0 Å². The predicted molar refractivity (Wildman–Crippen MR) is 286 cm³/mol. The van der Waals surface area contributed by atoms with Crippen molar-refractivity contribution in [3.05, 3.63) is 187 Å². The molecular weight excluding hydrogens is 956 g/mol. The molecule has 0 fully saturated rings. The number of aromatic nitrogens is 14. The van der Waals surface area contributed by atoms with Crippen molar-refractivity contribution in [2.45, 2.75) is 35.1 Å². The summed E-state index contributed by atoms with van der Waals surface area (Å²) in [5.41, 5.74) is 19.4. The highest BCUT2D eigenvalue weighted by Crippen LogP contribution is 2.30. The molecule has 21 heteroatoms. The maximum Gasteiger partial charge on any atom is 0.263 e. The molecule has 12 aromatic rings. The van der Waals surface area contributed by atoms with E-state index in [0.717, 1.165) is 73.2 Å². The molecule has 0 aliphatic rings. The van der Waals surface area contributed by atoms with E-state index in [0.29, 0.717) is 51.1 Å². The van der Waals surface area contributed by atoms with Crippen LogP contribution in [0.3, 0.4) is 0 Å². The number of halogens is 1. The zero-order valence-corrected chi connectivity index (χ0v) is 40.3. The fourth-order valence-electron chi connectivity index (χ4n) is 7.47. The molecule has 0 aliphatic heterocycles. The van der Waals surface area contributed by atoms with E-state index in [9.17, 15) is 0 Å². The van der Waals surface area contributed by atoms with Crippen LogP contribution in [0.4, 0.5) is 40.5 Å². The minimum Gasteiger partial charge on any atom is -0.399 e. The Kier molecular flexibility index (Phi) is 14.6. The summed E-state index contributed by atoms with van der Waals surface area (Å²) in [5, 5.41) is 19.4. The highest BCUT2D eigenvalue weighted by atomic mass is 35.5. The largest absolute Gasteiger partial charge is 0.399 e. The minimum absolute atomic E-state index is 0. The average molecular weight is 1000 g/mol. The maximum atomic E-state index is 5.87. The quantitative estimate of drug-likeness (QED) is 0.0734. The predicted octanol–water partition coefficient (Wildman–Crippen LogP) is 11.5. The average Bonchev–Trinajstić information content (AvgIpc) is 4.28. The van der Waals surface area contributed by atoms with Crippen molar-refractivity contribution in [1.29, 1.82) is 0 Å². The molecule has 0 amide bonds. The lowest BCUT2D eigenvalue weighted by Gasteiger charge is -2.13. The van der Waals surface area contributed by atoms with E-state index in [-0.39, 0.29) is 7.43 Å². The van der Waals surface area contributed by atoms with Gasteiger partial charge in [-0.25, -0.2) is 39.9 Å². The Balaban J connectivity index is 0.000000154. The molecule has 4 aromatic carbocycles. The van der Waals surface area contributed by atoms with Gasteiger partial charge in [-0.3, -0.25) is 0 Å². The van der Waals surface area contributed by atoms with E-state index in [4.69, 9.17) is 31.4 Å². The van der Waals surface area contributed by atoms with Crippen LogP contribution >= 0.6 is 11.6 Å². The fraction of sp³-hybridized carbons (Fsp3) is 0.0943. The van der Waals surface area contributed by atoms with Gasteiger partial charge in [0.15, 0.2) is 0 Å². The van der Waals surface area contributed by atoms with Crippen LogP contribution in [0.1, 0.15) is 29.9 Å². The second kappa shape index (κ2) is 22.0. The van der Waals surface area contributed by atoms with Crippen LogP contribution in [0.2, 0.25) is 5.15 Å². The van der Waals surface area contributed by atoms with Crippen LogP contribution in [0.25, 0.3) is 56.1 Å². The molecule has 0 aliphatic carbocycles. The number of hydrogen-bond acceptors (Lipinski definition) is 18. The van der Waals surface area contributed by atoms with Gasteiger partial charge < -0.3 is 39.9 Å². The van der Waals surface area contributed by atoms with Crippen LogP contribution < -0.4 is 21.7 Å². The number of rotatable bonds is 10. The molecular formula is C53H47ClN18O2. The first-order chi connectivity index (χ1) is 35.6. The number of imidazole rings is 2. The summed E-state index contributed by atoms with van der Waals surface area (Å²) in [7, 11) is 0. The van der Waals surface area contributed by atoms with Gasteiger partial charge >= 0.3 is 0 Å². The second-order valence-electron chi connectivity index (χ2n) is 16.3. The molecule has 0 unspecified atom stereocenters. The summed E-state index contributed by atoms with van der Waals surface area (Å²) < 4.78 is 14.0. The van der Waals surface area contributed by atoms with E-state index in [2.05, 4.69) is 71.1 Å². The number of benzene rings is 4. The molecule has 368 valence electrons. The van der Waals surface area contributed by atoms with Crippen molar-refractivity contribution < 1.29 is 9.05 Å². The Bertz CT molecular complexity index is 3810. The molecule has 0 atom stereocenters. The first-order valence-electron chi connectivity index (χ1n) is 22.5. The Hall–Kier alpha value is -9.95. The van der Waals surface area contributed by atoms with E-state index < -0.39 is 0 Å². The number of anilines is 7. The third-order valence-corrected chi connectivity index (χ3v) is 11.6. The molecule has 0 spiro atoms. The lowest BCUT2D eigenvalue weighted by molar-refractivity contribution is 0.442. The molecule has 20 nitrogen and oxygen atoms in total. The van der Waals surface area contributed by atoms with Crippen LogP contribution in [0.5, 0.6) is 0 Å². The molecule has 0 saturated carbocycles. The molecule has 12 rings (SSSR count). The van der Waals surface area contributed by atoms with E-state index in [1.54, 1.807) is 44.4 Å². The highest BCUT2D eigenvalue weighted by Gasteiger charge is 2.14. The van der Waals surface area contributed by atoms with Crippen molar-refractivity contribution in [2.24, 2.45) is 0 Å². The molecule has 74 heavy (non-hydrogen) atoms. The lowest BCUT2D eigenvalue weighted by atomic mass is 10.1. The number of nitrogen functional groups attached to an aromatic ring is 1. The van der Waals surface area contributed by atoms with Crippen molar-refractivity contribution >= 4 is 74.3 Å². The van der Waals surface area contributed by atoms with Crippen molar-refractivity contribution in [2.75, 3.05) is 21.7 Å². The Morgan fingerprint density at radius 1 is 0.527 bits per heavy atom. The molecule has 0 radical (unpaired) electrons. The molecule has 8 aromatic heterocycles. The van der Waals surface area contributed by atoms with Gasteiger partial charge in [-0.15, -0.1) is 0 Å². The van der Waals surface area contributed by atoms with Crippen molar-refractivity contribution in [3.8, 4) is 33.9 Å². The van der Waals surface area contributed by atoms with Gasteiger partial charge in [0.1, 0.15) is 34.4 Å². The smallest absolute Gasteiger partial charge is 0.263 e. The Morgan fingerprint density at radius 3 is 1.58 bits per heavy atom. The molecule has 0 saturated heterocycles. The van der Waals surface area contributed by atoms with Gasteiger partial charge in [-0.05, 0) is 99.5 Å². The summed E-state index contributed by atoms with van der Waals surface area (Å²) in [6, 6.07) is 31.8. The van der Waals surface area contributed by atoms with Gasteiger partial charge in [0.2, 0.25) is 11.9 Å². The fourth-order valence-corrected chi connectivity index (χ4v) is 7.74. The summed E-state index contributed by atoms with van der Waals surface area (Å²) in [6.45, 7) is 7.69. The van der Waals surface area contributed by atoms with E-state index >= 15 is 0 Å². The van der Waals surface area contributed by atoms with Gasteiger partial charge in [0, 0.05) is 82.4 Å². The summed E-state index contributed by atoms with van der Waals surface area (Å²) in [6.07, 6.45) is 17.2. The highest BCUT2D eigenvalue weighted by molar-refractivity contribution is 6.34. The van der Waals surface area contributed by atoms with Crippen molar-refractivity contribution in [1.82, 2.24) is 69.3 Å². The maximum absolute atomic E-state index is 5.87. The number of hydrogen-bond donors (Lipinski definition) is 4. The summed E-state index contributed by atoms with van der Waals surface area (Å²) in [5.74, 6) is 1.67. The van der Waals surface area contributed by atoms with Gasteiger partial charge in [0.05, 0.1) is 35.4 Å². The first-order valence-corrected chi connectivity index (χ1v) is 22.9. The van der Waals surface area contributed by atoms with Gasteiger partial charge in [-0.1, -0.05) is 65.7 Å². The SMILES string of the molecule is C.Cc1ccc(N)cc1Nc1nccc(-c2ccc(-n3ccnc3)cc2)n1.Cc1ccc(Nc2ncnc3onc(C)c23)cc1Nc1nccc(-c2ccc(-n3ccnc3)cc2)n1.Cc1noc2ncnc(Cl)c12. The van der Waals surface area contributed by atoms with E-state index in [1.807, 2.05) is 139 Å². The summed E-state index contributed by atoms with van der Waals surface area (Å²) in [4.78, 5) is 42.4. The Morgan fingerprint density at radius 2 is 1.04 bits per heavy atom. The van der Waals surface area contributed by atoms with E-state index in [1.165, 1.54) is 12.7 Å². The second-order valence-corrected chi connectivity index (χ2v) is 16.7. The topological polar surface area (TPSA) is 253 Å². The number of fused-ring (bicyclic) bond motifs is 2. The normalized spacial score (nSPS) is 10.7. The first kappa shape index (κ1) is 49.0. The van der Waals surface area contributed by atoms with Crippen LogP contribution in [-0.2, 0) is 0 Å². The van der Waals surface area contributed by atoms with Gasteiger partial charge in [-0.2, -0.15) is 9.97 Å². The third-order valence-electron chi connectivity index (χ3n) is 11.3. The number of nitrogens with one attached hydrogen (secondary N) is 3. The van der Waals surface area contributed by atoms with Crippen LogP contribution in [0, 0.1) is 27.7 Å². The molecule has 8 heterocycles. The standard InChI is InChI=1S/C26H21N9O.C20H18N6.C6H4ClN3O.CH4/c1-16-3-6-19(31-24-23-17(2)34-36-25(23)30-14-29-24)13-22(16)33-26-28-10-9-21(32-26)18-4-7-20(8-5-18)35-12-11-27-15-35;1-14-2-5-16(21)12-19(14)25-20-23-9-8-18(24-20)15-3-6-17(7-4-15)26-11-10-22-13-26;1-3-4-5(7)8-2-9-6(4)11-10-3;/h3-15H,1-2H3,(H,28,32,33)(H,29,30,31);2-13H,21H2,1H3,(H,23,24,25);2H,1H3;1H4. The third kappa shape index (κ3) is 11.1. The van der Waals surface area contributed by atoms with Crippen LogP contribution in [0.15, 0.2) is 169 Å². The number of nitrogens with zero attached hydrogens (tertiary/aromatic N) is 14. The zero-order valence-electron chi connectivity index (χ0n) is 39.5. The summed E-state index contributed by atoms with van der Waals surface area (Å²) >= 11 is 5.75.